The topological polar surface area (TPSA) is 89.5 Å². The van der Waals surface area contributed by atoms with Crippen molar-refractivity contribution in [1.82, 2.24) is 4.90 Å². The fourth-order valence-corrected chi connectivity index (χ4v) is 4.99. The Morgan fingerprint density at radius 1 is 1.10 bits per heavy atom. The molecule has 0 aromatic heterocycles. The fourth-order valence-electron chi connectivity index (χ4n) is 3.81. The van der Waals surface area contributed by atoms with Crippen LogP contribution in [0.2, 0.25) is 0 Å². The highest BCUT2D eigenvalue weighted by Gasteiger charge is 2.36. The third kappa shape index (κ3) is 6.76. The molecule has 0 bridgehead atoms. The van der Waals surface area contributed by atoms with Crippen LogP contribution in [0.15, 0.2) is 71.7 Å². The molecule has 8 nitrogen and oxygen atoms in total. The maximum absolute atomic E-state index is 13.4. The van der Waals surface area contributed by atoms with Crippen LogP contribution in [-0.2, 0) is 16.1 Å². The fraction of sp³-hybridized carbons (Fsp3) is 0.192. The summed E-state index contributed by atoms with van der Waals surface area (Å²) in [7, 11) is 0. The van der Waals surface area contributed by atoms with Crippen molar-refractivity contribution in [2.45, 2.75) is 23.8 Å². The first-order valence-corrected chi connectivity index (χ1v) is 12.8. The van der Waals surface area contributed by atoms with Gasteiger partial charge in [-0.3, -0.25) is 14.5 Å². The number of ether oxygens (including phenoxy) is 3. The number of hydrogen-bond acceptors (Lipinski definition) is 7. The number of fused-ring (bicyclic) bond motifs is 1. The van der Waals surface area contributed by atoms with Crippen molar-refractivity contribution in [1.29, 1.82) is 0 Å². The first-order valence-electron chi connectivity index (χ1n) is 11.5. The number of benzene rings is 3. The number of carbonyl (C=O) groups is 2. The number of halogens is 4. The quantitative estimate of drug-likeness (QED) is 0.353. The van der Waals surface area contributed by atoms with Crippen LogP contribution < -0.4 is 19.5 Å². The van der Waals surface area contributed by atoms with Crippen LogP contribution in [-0.4, -0.2) is 39.5 Å². The van der Waals surface area contributed by atoms with Gasteiger partial charge in [0.05, 0.1) is 12.2 Å². The van der Waals surface area contributed by atoms with E-state index in [-0.39, 0.29) is 36.6 Å². The summed E-state index contributed by atoms with van der Waals surface area (Å²) in [6, 6.07) is 15.9. The van der Waals surface area contributed by atoms with E-state index in [0.29, 0.717) is 22.9 Å². The Labute approximate surface area is 229 Å². The largest absolute Gasteiger partial charge is 0.487 e. The van der Waals surface area contributed by atoms with Crippen molar-refractivity contribution in [3.05, 3.63) is 78.1 Å². The Kier molecular flexibility index (Phi) is 7.58. The molecule has 1 fully saturated rings. The molecule has 2 amide bonds. The van der Waals surface area contributed by atoms with Gasteiger partial charge in [-0.15, -0.1) is 8.78 Å². The van der Waals surface area contributed by atoms with Crippen molar-refractivity contribution >= 4 is 51.7 Å². The first-order chi connectivity index (χ1) is 18.6. The molecule has 2 aliphatic heterocycles. The summed E-state index contributed by atoms with van der Waals surface area (Å²) < 4.78 is 54.1. The van der Waals surface area contributed by atoms with Gasteiger partial charge in [0.25, 0.3) is 0 Å². The molecule has 202 valence electrons. The third-order valence-electron chi connectivity index (χ3n) is 5.62. The van der Waals surface area contributed by atoms with Gasteiger partial charge in [0, 0.05) is 23.7 Å². The van der Waals surface area contributed by atoms with Crippen LogP contribution >= 0.6 is 23.4 Å². The van der Waals surface area contributed by atoms with Gasteiger partial charge < -0.3 is 19.5 Å². The normalized spacial score (nSPS) is 17.8. The second-order valence-corrected chi connectivity index (χ2v) is 10.0. The Morgan fingerprint density at radius 3 is 2.54 bits per heavy atom. The molecule has 2 aliphatic rings. The molecule has 0 radical (unpaired) electrons. The number of nitrogens with zero attached hydrogens (tertiary/aromatic N) is 2. The van der Waals surface area contributed by atoms with E-state index in [9.17, 15) is 22.8 Å². The van der Waals surface area contributed by atoms with Crippen LogP contribution in [0.5, 0.6) is 17.2 Å². The van der Waals surface area contributed by atoms with E-state index in [2.05, 4.69) is 15.0 Å². The highest BCUT2D eigenvalue weighted by molar-refractivity contribution is 8.15. The van der Waals surface area contributed by atoms with Gasteiger partial charge in [-0.05, 0) is 66.2 Å². The molecule has 3 aromatic rings. The average Bonchev–Trinajstić information content (AvgIpc) is 3.35. The molecule has 13 heteroatoms. The second kappa shape index (κ2) is 11.1. The van der Waals surface area contributed by atoms with Gasteiger partial charge in [0.2, 0.25) is 18.6 Å². The smallest absolute Gasteiger partial charge is 0.454 e. The lowest BCUT2D eigenvalue weighted by Gasteiger charge is -2.32. The lowest BCUT2D eigenvalue weighted by molar-refractivity contribution is -0.129. The van der Waals surface area contributed by atoms with E-state index in [1.165, 1.54) is 53.4 Å². The number of alkyl halides is 3. The number of aliphatic imine (C=N–C) groups is 1. The lowest BCUT2D eigenvalue weighted by Crippen LogP contribution is -2.44. The van der Waals surface area contributed by atoms with Crippen molar-refractivity contribution in [2.75, 3.05) is 12.1 Å². The third-order valence-corrected chi connectivity index (χ3v) is 6.88. The van der Waals surface area contributed by atoms with Crippen molar-refractivity contribution < 1.29 is 37.0 Å². The van der Waals surface area contributed by atoms with Crippen molar-refractivity contribution in [3.63, 3.8) is 0 Å². The summed E-state index contributed by atoms with van der Waals surface area (Å²) >= 11 is 5.85. The number of amides is 2. The highest BCUT2D eigenvalue weighted by Crippen LogP contribution is 2.35. The van der Waals surface area contributed by atoms with Gasteiger partial charge in [-0.2, -0.15) is 0 Å². The number of anilines is 1. The molecule has 5 rings (SSSR count). The van der Waals surface area contributed by atoms with Crippen LogP contribution in [0.4, 0.5) is 24.5 Å². The molecule has 3 aromatic carbocycles. The SMILES string of the molecule is O=C(Nc1ccc(OC(F)(F)Cl)cc1)C1CC(=O)N(Cc2ccc3c(c2)OCO3)C(=Nc2ccc(F)cc2)S1. The Balaban J connectivity index is 1.34. The molecule has 1 unspecified atom stereocenters. The molecule has 1 saturated heterocycles. The van der Waals surface area contributed by atoms with Crippen LogP contribution in [0.3, 0.4) is 0 Å². The zero-order chi connectivity index (χ0) is 27.6. The van der Waals surface area contributed by atoms with Crippen LogP contribution in [0, 0.1) is 5.82 Å². The first kappa shape index (κ1) is 26.7. The number of amidine groups is 1. The van der Waals surface area contributed by atoms with E-state index in [0.717, 1.165) is 17.3 Å². The molecule has 0 spiro atoms. The monoisotopic (exact) mass is 577 g/mol. The van der Waals surface area contributed by atoms with Crippen LogP contribution in [0.25, 0.3) is 0 Å². The molecule has 1 atom stereocenters. The summed E-state index contributed by atoms with van der Waals surface area (Å²) in [5.74, 6) is -0.300. The zero-order valence-corrected chi connectivity index (χ0v) is 21.5. The molecule has 39 heavy (non-hydrogen) atoms. The minimum Gasteiger partial charge on any atom is -0.454 e. The van der Waals surface area contributed by atoms with Crippen molar-refractivity contribution in [3.8, 4) is 17.2 Å². The molecular formula is C26H19ClF3N3O5S. The molecule has 1 N–H and O–H groups in total. The number of carbonyl (C=O) groups excluding carboxylic acids is 2. The maximum Gasteiger partial charge on any atom is 0.487 e. The van der Waals surface area contributed by atoms with Crippen molar-refractivity contribution in [2.24, 2.45) is 4.99 Å². The van der Waals surface area contributed by atoms with Gasteiger partial charge >= 0.3 is 5.57 Å². The maximum atomic E-state index is 13.4. The average molecular weight is 578 g/mol. The number of rotatable bonds is 7. The van der Waals surface area contributed by atoms with E-state index in [1.807, 2.05) is 0 Å². The number of thioether (sulfide) groups is 1. The Hall–Kier alpha value is -3.90. The molecule has 0 saturated carbocycles. The summed E-state index contributed by atoms with van der Waals surface area (Å²) in [6.07, 6.45) is -0.122. The number of hydrogen-bond donors (Lipinski definition) is 1. The summed E-state index contributed by atoms with van der Waals surface area (Å²) in [6.45, 7) is 0.268. The van der Waals surface area contributed by atoms with Gasteiger partial charge in [-0.25, -0.2) is 9.38 Å². The molecule has 0 aliphatic carbocycles. The summed E-state index contributed by atoms with van der Waals surface area (Å²) in [5, 5.41) is 2.08. The summed E-state index contributed by atoms with van der Waals surface area (Å²) in [4.78, 5) is 32.3. The van der Waals surface area contributed by atoms with E-state index in [1.54, 1.807) is 18.2 Å². The van der Waals surface area contributed by atoms with Gasteiger partial charge in [-0.1, -0.05) is 17.8 Å². The minimum absolute atomic E-state index is 0.111. The summed E-state index contributed by atoms with van der Waals surface area (Å²) in [5.41, 5.74) is -2.41. The predicted molar refractivity (Wildman–Crippen MR) is 139 cm³/mol. The van der Waals surface area contributed by atoms with Crippen LogP contribution in [0.1, 0.15) is 12.0 Å². The minimum atomic E-state index is -3.86. The molecular weight excluding hydrogens is 559 g/mol. The standard InChI is InChI=1S/C26H19ClF3N3O5S/c27-26(29,30)38-19-8-6-17(7-9-19)31-24(35)22-12-23(34)33(13-15-1-10-20-21(11-15)37-14-36-20)25(39-22)32-18-4-2-16(28)3-5-18/h1-11,22H,12-14H2,(H,31,35). The van der Waals surface area contributed by atoms with Gasteiger partial charge in [0.15, 0.2) is 16.7 Å². The Morgan fingerprint density at radius 2 is 1.82 bits per heavy atom. The molecule has 2 heterocycles. The number of nitrogens with one attached hydrogen (secondary N) is 1. The van der Waals surface area contributed by atoms with E-state index >= 15 is 0 Å². The Bertz CT molecular complexity index is 1420. The van der Waals surface area contributed by atoms with E-state index < -0.39 is 22.5 Å². The van der Waals surface area contributed by atoms with E-state index in [4.69, 9.17) is 21.1 Å². The second-order valence-electron chi connectivity index (χ2n) is 8.41. The lowest BCUT2D eigenvalue weighted by atomic mass is 10.1. The highest BCUT2D eigenvalue weighted by atomic mass is 35.5. The van der Waals surface area contributed by atoms with Gasteiger partial charge in [0.1, 0.15) is 16.8 Å². The zero-order valence-electron chi connectivity index (χ0n) is 19.9. The predicted octanol–water partition coefficient (Wildman–Crippen LogP) is 5.88.